The molecule has 0 saturated heterocycles. The third-order valence-electron chi connectivity index (χ3n) is 3.01. The number of rotatable bonds is 6. The number of para-hydroxylation sites is 2. The highest BCUT2D eigenvalue weighted by molar-refractivity contribution is 5.75. The Morgan fingerprint density at radius 1 is 1.39 bits per heavy atom. The monoisotopic (exact) mass is 247 g/mol. The first kappa shape index (κ1) is 13.1. The van der Waals surface area contributed by atoms with E-state index in [-0.39, 0.29) is 6.04 Å². The molecule has 1 atom stereocenters. The zero-order valence-electron chi connectivity index (χ0n) is 11.1. The van der Waals surface area contributed by atoms with Crippen molar-refractivity contribution in [2.75, 3.05) is 13.7 Å². The van der Waals surface area contributed by atoms with Gasteiger partial charge in [-0.3, -0.25) is 0 Å². The lowest BCUT2D eigenvalue weighted by molar-refractivity contribution is 0.179. The van der Waals surface area contributed by atoms with Crippen LogP contribution in [0.4, 0.5) is 0 Å². The van der Waals surface area contributed by atoms with Gasteiger partial charge in [-0.15, -0.1) is 0 Å². The molecule has 2 N–H and O–H groups in total. The quantitative estimate of drug-likeness (QED) is 0.849. The van der Waals surface area contributed by atoms with Gasteiger partial charge in [0, 0.05) is 26.1 Å². The number of fused-ring (bicyclic) bond motifs is 1. The van der Waals surface area contributed by atoms with Crippen LogP contribution in [0.5, 0.6) is 0 Å². The maximum atomic E-state index is 6.02. The summed E-state index contributed by atoms with van der Waals surface area (Å²) in [4.78, 5) is 4.68. The molecule has 0 aliphatic heterocycles. The van der Waals surface area contributed by atoms with Gasteiger partial charge in [0.2, 0.25) is 0 Å². The first-order valence-electron chi connectivity index (χ1n) is 6.45. The number of hydrogen-bond donors (Lipinski definition) is 1. The third-order valence-corrected chi connectivity index (χ3v) is 3.01. The molecule has 1 heterocycles. The number of nitrogens with two attached hydrogens (primary N) is 1. The van der Waals surface area contributed by atoms with Gasteiger partial charge in [-0.1, -0.05) is 19.1 Å². The summed E-state index contributed by atoms with van der Waals surface area (Å²) >= 11 is 0. The molecule has 1 unspecified atom stereocenters. The Balaban J connectivity index is 2.33. The number of aromatic nitrogens is 2. The third kappa shape index (κ3) is 2.71. The first-order valence-corrected chi connectivity index (χ1v) is 6.45. The topological polar surface area (TPSA) is 53.1 Å². The molecule has 0 fully saturated rings. The lowest BCUT2D eigenvalue weighted by Gasteiger charge is -2.12. The highest BCUT2D eigenvalue weighted by Crippen LogP contribution is 2.17. The van der Waals surface area contributed by atoms with Crippen molar-refractivity contribution in [3.63, 3.8) is 0 Å². The Morgan fingerprint density at radius 3 is 2.89 bits per heavy atom. The predicted molar refractivity (Wildman–Crippen MR) is 73.6 cm³/mol. The van der Waals surface area contributed by atoms with E-state index in [2.05, 4.69) is 28.6 Å². The second-order valence-corrected chi connectivity index (χ2v) is 4.59. The molecular weight excluding hydrogens is 226 g/mol. The second-order valence-electron chi connectivity index (χ2n) is 4.59. The summed E-state index contributed by atoms with van der Waals surface area (Å²) < 4.78 is 7.36. The van der Waals surface area contributed by atoms with E-state index >= 15 is 0 Å². The van der Waals surface area contributed by atoms with Crippen molar-refractivity contribution in [2.24, 2.45) is 5.73 Å². The summed E-state index contributed by atoms with van der Waals surface area (Å²) in [5.74, 6) is 1.06. The Kier molecular flexibility index (Phi) is 4.33. The van der Waals surface area contributed by atoms with Crippen LogP contribution < -0.4 is 5.73 Å². The van der Waals surface area contributed by atoms with Crippen LogP contribution in [0.15, 0.2) is 24.3 Å². The van der Waals surface area contributed by atoms with Gasteiger partial charge >= 0.3 is 0 Å². The number of ether oxygens (including phenoxy) is 1. The summed E-state index contributed by atoms with van der Waals surface area (Å²) in [6.07, 6.45) is 1.84. The summed E-state index contributed by atoms with van der Waals surface area (Å²) in [5.41, 5.74) is 8.27. The standard InChI is InChI=1S/C14H21N3O/c1-3-8-17-13-7-5-4-6-12(13)16-14(17)9-11(15)10-18-2/h4-7,11H,3,8-10,15H2,1-2H3. The number of imidazole rings is 1. The van der Waals surface area contributed by atoms with E-state index in [1.807, 2.05) is 12.1 Å². The lowest BCUT2D eigenvalue weighted by atomic mass is 10.2. The number of hydrogen-bond acceptors (Lipinski definition) is 3. The van der Waals surface area contributed by atoms with Gasteiger partial charge in [0.1, 0.15) is 5.82 Å². The molecule has 2 rings (SSSR count). The zero-order chi connectivity index (χ0) is 13.0. The van der Waals surface area contributed by atoms with Crippen LogP contribution in [-0.4, -0.2) is 29.3 Å². The van der Waals surface area contributed by atoms with E-state index in [1.54, 1.807) is 7.11 Å². The normalized spacial score (nSPS) is 13.1. The van der Waals surface area contributed by atoms with E-state index in [1.165, 1.54) is 5.52 Å². The van der Waals surface area contributed by atoms with E-state index in [4.69, 9.17) is 10.5 Å². The average Bonchev–Trinajstić information content (AvgIpc) is 2.68. The summed E-state index contributed by atoms with van der Waals surface area (Å²) in [6.45, 7) is 3.72. The molecule has 0 amide bonds. The van der Waals surface area contributed by atoms with Crippen molar-refractivity contribution in [3.05, 3.63) is 30.1 Å². The van der Waals surface area contributed by atoms with Gasteiger partial charge in [-0.05, 0) is 18.6 Å². The molecule has 4 nitrogen and oxygen atoms in total. The van der Waals surface area contributed by atoms with E-state index in [0.29, 0.717) is 6.61 Å². The minimum Gasteiger partial charge on any atom is -0.383 e. The van der Waals surface area contributed by atoms with Crippen LogP contribution in [-0.2, 0) is 17.7 Å². The lowest BCUT2D eigenvalue weighted by Crippen LogP contribution is -2.29. The molecule has 0 aliphatic carbocycles. The molecule has 4 heteroatoms. The van der Waals surface area contributed by atoms with Gasteiger partial charge in [0.05, 0.1) is 17.6 Å². The van der Waals surface area contributed by atoms with Crippen LogP contribution >= 0.6 is 0 Å². The molecule has 1 aromatic heterocycles. The molecule has 0 spiro atoms. The van der Waals surface area contributed by atoms with Crippen LogP contribution in [0.25, 0.3) is 11.0 Å². The number of aryl methyl sites for hydroxylation is 1. The zero-order valence-corrected chi connectivity index (χ0v) is 11.1. The van der Waals surface area contributed by atoms with E-state index in [9.17, 15) is 0 Å². The Labute approximate surface area is 108 Å². The van der Waals surface area contributed by atoms with Crippen molar-refractivity contribution >= 4 is 11.0 Å². The Morgan fingerprint density at radius 2 is 2.17 bits per heavy atom. The highest BCUT2D eigenvalue weighted by Gasteiger charge is 2.13. The molecule has 0 bridgehead atoms. The second kappa shape index (κ2) is 5.98. The minimum absolute atomic E-state index is 0.00224. The maximum Gasteiger partial charge on any atom is 0.111 e. The van der Waals surface area contributed by atoms with Crippen LogP contribution in [0.3, 0.4) is 0 Å². The van der Waals surface area contributed by atoms with Crippen molar-refractivity contribution in [3.8, 4) is 0 Å². The average molecular weight is 247 g/mol. The fourth-order valence-electron chi connectivity index (χ4n) is 2.26. The smallest absolute Gasteiger partial charge is 0.111 e. The maximum absolute atomic E-state index is 6.02. The number of methoxy groups -OCH3 is 1. The van der Waals surface area contributed by atoms with Crippen LogP contribution in [0, 0.1) is 0 Å². The van der Waals surface area contributed by atoms with Crippen molar-refractivity contribution < 1.29 is 4.74 Å². The van der Waals surface area contributed by atoms with Crippen LogP contribution in [0.1, 0.15) is 19.2 Å². The molecule has 0 saturated carbocycles. The highest BCUT2D eigenvalue weighted by atomic mass is 16.5. The van der Waals surface area contributed by atoms with Gasteiger partial charge in [-0.2, -0.15) is 0 Å². The summed E-state index contributed by atoms with van der Waals surface area (Å²) in [7, 11) is 1.68. The molecule has 2 aromatic rings. The summed E-state index contributed by atoms with van der Waals surface area (Å²) in [6, 6.07) is 8.23. The van der Waals surface area contributed by atoms with Crippen LogP contribution in [0.2, 0.25) is 0 Å². The molecular formula is C14H21N3O. The Hall–Kier alpha value is -1.39. The van der Waals surface area contributed by atoms with Gasteiger partial charge in [-0.25, -0.2) is 4.98 Å². The van der Waals surface area contributed by atoms with Gasteiger partial charge in [0.25, 0.3) is 0 Å². The number of benzene rings is 1. The number of nitrogens with zero attached hydrogens (tertiary/aromatic N) is 2. The summed E-state index contributed by atoms with van der Waals surface area (Å²) in [5, 5.41) is 0. The minimum atomic E-state index is 0.00224. The Bertz CT molecular complexity index is 507. The van der Waals surface area contributed by atoms with Gasteiger partial charge in [0.15, 0.2) is 0 Å². The molecule has 1 aromatic carbocycles. The molecule has 0 radical (unpaired) electrons. The SMILES string of the molecule is CCCn1c(CC(N)COC)nc2ccccc21. The fraction of sp³-hybridized carbons (Fsp3) is 0.500. The largest absolute Gasteiger partial charge is 0.383 e. The molecule has 98 valence electrons. The predicted octanol–water partition coefficient (Wildman–Crippen LogP) is 1.96. The van der Waals surface area contributed by atoms with E-state index in [0.717, 1.165) is 30.7 Å². The molecule has 18 heavy (non-hydrogen) atoms. The van der Waals surface area contributed by atoms with E-state index < -0.39 is 0 Å². The molecule has 0 aliphatic rings. The van der Waals surface area contributed by atoms with Crippen molar-refractivity contribution in [2.45, 2.75) is 32.4 Å². The fourth-order valence-corrected chi connectivity index (χ4v) is 2.26. The van der Waals surface area contributed by atoms with Crippen molar-refractivity contribution in [1.82, 2.24) is 9.55 Å². The van der Waals surface area contributed by atoms with Crippen molar-refractivity contribution in [1.29, 1.82) is 0 Å². The van der Waals surface area contributed by atoms with Gasteiger partial charge < -0.3 is 15.0 Å². The first-order chi connectivity index (χ1) is 8.76.